The Balaban J connectivity index is 2.50. The molecule has 0 bridgehead atoms. The summed E-state index contributed by atoms with van der Waals surface area (Å²) in [5.41, 5.74) is 5.54. The zero-order chi connectivity index (χ0) is 14.2. The first-order valence-electron chi connectivity index (χ1n) is 5.41. The SMILES string of the molecule is Cn1ccc(C(N)c2ccc(Br)cc2C(F)(F)F)n1. The van der Waals surface area contributed by atoms with Gasteiger partial charge in [0.05, 0.1) is 17.3 Å². The standard InChI is InChI=1S/C12H11BrF3N3/c1-19-5-4-10(18-19)11(17)8-3-2-7(13)6-9(8)12(14,15)16/h2-6,11H,17H2,1H3. The van der Waals surface area contributed by atoms with E-state index in [0.29, 0.717) is 10.2 Å². The number of nitrogens with zero attached hydrogens (tertiary/aromatic N) is 2. The molecule has 2 rings (SSSR count). The van der Waals surface area contributed by atoms with Crippen LogP contribution in [0.1, 0.15) is 22.9 Å². The van der Waals surface area contributed by atoms with Crippen molar-refractivity contribution in [2.45, 2.75) is 12.2 Å². The number of halogens is 4. The van der Waals surface area contributed by atoms with Crippen molar-refractivity contribution in [2.75, 3.05) is 0 Å². The lowest BCUT2D eigenvalue weighted by molar-refractivity contribution is -0.138. The molecular formula is C12H11BrF3N3. The van der Waals surface area contributed by atoms with Crippen molar-refractivity contribution in [3.8, 4) is 0 Å². The first kappa shape index (κ1) is 14.1. The molecule has 2 aromatic rings. The maximum atomic E-state index is 13.0. The number of rotatable bonds is 2. The highest BCUT2D eigenvalue weighted by Gasteiger charge is 2.35. The quantitative estimate of drug-likeness (QED) is 0.916. The van der Waals surface area contributed by atoms with Crippen molar-refractivity contribution in [3.63, 3.8) is 0 Å². The first-order chi connectivity index (χ1) is 8.79. The molecule has 0 fully saturated rings. The van der Waals surface area contributed by atoms with Gasteiger partial charge in [-0.05, 0) is 23.8 Å². The second-order valence-corrected chi connectivity index (χ2v) is 5.04. The summed E-state index contributed by atoms with van der Waals surface area (Å²) >= 11 is 3.04. The number of hydrogen-bond donors (Lipinski definition) is 1. The zero-order valence-corrected chi connectivity index (χ0v) is 11.5. The van der Waals surface area contributed by atoms with E-state index in [1.165, 1.54) is 16.8 Å². The van der Waals surface area contributed by atoms with Crippen molar-refractivity contribution in [3.05, 3.63) is 51.8 Å². The highest BCUT2D eigenvalue weighted by molar-refractivity contribution is 9.10. The Labute approximate surface area is 116 Å². The fraction of sp³-hybridized carbons (Fsp3) is 0.250. The Bertz CT molecular complexity index is 592. The molecule has 0 aliphatic heterocycles. The molecule has 1 heterocycles. The third-order valence-corrected chi connectivity index (χ3v) is 3.20. The molecule has 102 valence electrons. The van der Waals surface area contributed by atoms with E-state index in [1.807, 2.05) is 0 Å². The zero-order valence-electron chi connectivity index (χ0n) is 9.95. The summed E-state index contributed by atoms with van der Waals surface area (Å²) in [7, 11) is 1.68. The van der Waals surface area contributed by atoms with Crippen LogP contribution in [0.15, 0.2) is 34.9 Å². The van der Waals surface area contributed by atoms with Crippen molar-refractivity contribution in [2.24, 2.45) is 12.8 Å². The van der Waals surface area contributed by atoms with Gasteiger partial charge < -0.3 is 5.73 Å². The molecule has 1 atom stereocenters. The topological polar surface area (TPSA) is 43.8 Å². The van der Waals surface area contributed by atoms with Crippen LogP contribution in [0.4, 0.5) is 13.2 Å². The summed E-state index contributed by atoms with van der Waals surface area (Å²) in [5, 5.41) is 4.05. The minimum atomic E-state index is -4.45. The van der Waals surface area contributed by atoms with E-state index in [2.05, 4.69) is 21.0 Å². The van der Waals surface area contributed by atoms with E-state index < -0.39 is 17.8 Å². The minimum Gasteiger partial charge on any atom is -0.319 e. The van der Waals surface area contributed by atoms with E-state index in [9.17, 15) is 13.2 Å². The van der Waals surface area contributed by atoms with Gasteiger partial charge in [0.15, 0.2) is 0 Å². The minimum absolute atomic E-state index is 0.00870. The van der Waals surface area contributed by atoms with E-state index in [-0.39, 0.29) is 5.56 Å². The molecule has 1 unspecified atom stereocenters. The van der Waals surface area contributed by atoms with Gasteiger partial charge in [-0.15, -0.1) is 0 Å². The molecule has 0 aliphatic rings. The molecular weight excluding hydrogens is 323 g/mol. The number of hydrogen-bond acceptors (Lipinski definition) is 2. The van der Waals surface area contributed by atoms with Crippen LogP contribution in [0.3, 0.4) is 0 Å². The summed E-state index contributed by atoms with van der Waals surface area (Å²) in [5.74, 6) is 0. The van der Waals surface area contributed by atoms with Crippen LogP contribution in [0.25, 0.3) is 0 Å². The Morgan fingerprint density at radius 1 is 1.32 bits per heavy atom. The van der Waals surface area contributed by atoms with Gasteiger partial charge in [-0.1, -0.05) is 22.0 Å². The van der Waals surface area contributed by atoms with Crippen LogP contribution < -0.4 is 5.73 Å². The van der Waals surface area contributed by atoms with E-state index in [1.54, 1.807) is 19.3 Å². The monoisotopic (exact) mass is 333 g/mol. The van der Waals surface area contributed by atoms with Crippen molar-refractivity contribution < 1.29 is 13.2 Å². The second-order valence-electron chi connectivity index (χ2n) is 4.12. The van der Waals surface area contributed by atoms with E-state index >= 15 is 0 Å². The van der Waals surface area contributed by atoms with Crippen LogP contribution in [0.5, 0.6) is 0 Å². The second kappa shape index (κ2) is 4.97. The third kappa shape index (κ3) is 2.98. The molecule has 0 spiro atoms. The Kier molecular flexibility index (Phi) is 3.69. The molecule has 0 aliphatic carbocycles. The van der Waals surface area contributed by atoms with Crippen LogP contribution in [0, 0.1) is 0 Å². The number of nitrogens with two attached hydrogens (primary N) is 1. The maximum absolute atomic E-state index is 13.0. The molecule has 1 aromatic heterocycles. The normalized spacial score (nSPS) is 13.6. The molecule has 0 saturated heterocycles. The summed E-state index contributed by atoms with van der Waals surface area (Å²) in [6.45, 7) is 0. The predicted molar refractivity (Wildman–Crippen MR) is 68.4 cm³/mol. The molecule has 1 aromatic carbocycles. The predicted octanol–water partition coefficient (Wildman–Crippen LogP) is 3.25. The van der Waals surface area contributed by atoms with Crippen LogP contribution >= 0.6 is 15.9 Å². The van der Waals surface area contributed by atoms with Gasteiger partial charge in [0.2, 0.25) is 0 Å². The highest BCUT2D eigenvalue weighted by Crippen LogP contribution is 2.37. The van der Waals surface area contributed by atoms with Crippen LogP contribution in [0.2, 0.25) is 0 Å². The Morgan fingerprint density at radius 2 is 2.00 bits per heavy atom. The average Bonchev–Trinajstić information content (AvgIpc) is 2.74. The van der Waals surface area contributed by atoms with Gasteiger partial charge in [-0.25, -0.2) is 0 Å². The largest absolute Gasteiger partial charge is 0.416 e. The van der Waals surface area contributed by atoms with E-state index in [0.717, 1.165) is 6.07 Å². The summed E-state index contributed by atoms with van der Waals surface area (Å²) in [6.07, 6.45) is -2.81. The molecule has 3 nitrogen and oxygen atoms in total. The maximum Gasteiger partial charge on any atom is 0.416 e. The fourth-order valence-electron chi connectivity index (χ4n) is 1.80. The van der Waals surface area contributed by atoms with Crippen molar-refractivity contribution in [1.82, 2.24) is 9.78 Å². The lowest BCUT2D eigenvalue weighted by Crippen LogP contribution is -2.19. The van der Waals surface area contributed by atoms with Gasteiger partial charge in [0.25, 0.3) is 0 Å². The summed E-state index contributed by atoms with van der Waals surface area (Å²) in [4.78, 5) is 0. The van der Waals surface area contributed by atoms with Gasteiger partial charge >= 0.3 is 6.18 Å². The Hall–Kier alpha value is -1.34. The van der Waals surface area contributed by atoms with Gasteiger partial charge in [-0.3, -0.25) is 4.68 Å². The fourth-order valence-corrected chi connectivity index (χ4v) is 2.16. The van der Waals surface area contributed by atoms with Gasteiger partial charge in [-0.2, -0.15) is 18.3 Å². The average molecular weight is 334 g/mol. The lowest BCUT2D eigenvalue weighted by Gasteiger charge is -2.17. The number of alkyl halides is 3. The van der Waals surface area contributed by atoms with Gasteiger partial charge in [0.1, 0.15) is 0 Å². The number of benzene rings is 1. The molecule has 7 heteroatoms. The first-order valence-corrected chi connectivity index (χ1v) is 6.20. The molecule has 2 N–H and O–H groups in total. The molecule has 0 amide bonds. The third-order valence-electron chi connectivity index (χ3n) is 2.71. The van der Waals surface area contributed by atoms with Crippen LogP contribution in [-0.4, -0.2) is 9.78 Å². The molecule has 0 radical (unpaired) electrons. The smallest absolute Gasteiger partial charge is 0.319 e. The number of aryl methyl sites for hydroxylation is 1. The lowest BCUT2D eigenvalue weighted by atomic mass is 9.98. The summed E-state index contributed by atoms with van der Waals surface area (Å²) < 4.78 is 40.9. The Morgan fingerprint density at radius 3 is 2.53 bits per heavy atom. The van der Waals surface area contributed by atoms with Gasteiger partial charge in [0, 0.05) is 17.7 Å². The highest BCUT2D eigenvalue weighted by atomic mass is 79.9. The molecule has 19 heavy (non-hydrogen) atoms. The van der Waals surface area contributed by atoms with Crippen LogP contribution in [-0.2, 0) is 13.2 Å². The summed E-state index contributed by atoms with van der Waals surface area (Å²) in [6, 6.07) is 4.62. The van der Waals surface area contributed by atoms with Crippen molar-refractivity contribution in [1.29, 1.82) is 0 Å². The number of aromatic nitrogens is 2. The van der Waals surface area contributed by atoms with Crippen molar-refractivity contribution >= 4 is 15.9 Å². The molecule has 0 saturated carbocycles. The van der Waals surface area contributed by atoms with E-state index in [4.69, 9.17) is 5.73 Å².